The normalized spacial score (nSPS) is 15.4. The Bertz CT molecular complexity index is 3030. The SMILES string of the molecule is CC(C)=CCCC(C)=CC(CC(C)=CC(CC(C)=CCSCC=C(C)CC(C=C(C)CC(C=C(C)CCC=C(C)C)S(=O)(=O)c1ccccc1)S(=O)(=O)c1ccccc1)S(=O)(=O)c1ccccc1)S(=O)(=O)c1ccccc1. The predicted molar refractivity (Wildman–Crippen MR) is 325 cm³/mol. The largest absolute Gasteiger partial charge is 0.223 e. The third-order valence-electron chi connectivity index (χ3n) is 13.1. The van der Waals surface area contributed by atoms with Gasteiger partial charge in [0.2, 0.25) is 0 Å². The van der Waals surface area contributed by atoms with Crippen LogP contribution in [-0.4, -0.2) is 66.2 Å². The van der Waals surface area contributed by atoms with Crippen molar-refractivity contribution in [2.24, 2.45) is 0 Å². The summed E-state index contributed by atoms with van der Waals surface area (Å²) in [5.74, 6) is 1.13. The second-order valence-electron chi connectivity index (χ2n) is 20.7. The van der Waals surface area contributed by atoms with Crippen LogP contribution in [-0.2, 0) is 39.3 Å². The maximum atomic E-state index is 14.4. The molecule has 4 aromatic carbocycles. The molecule has 0 saturated carbocycles. The van der Waals surface area contributed by atoms with E-state index < -0.39 is 60.3 Å². The molecule has 13 heteroatoms. The van der Waals surface area contributed by atoms with Gasteiger partial charge in [-0.15, -0.1) is 0 Å². The highest BCUT2D eigenvalue weighted by molar-refractivity contribution is 7.99. The van der Waals surface area contributed by atoms with Gasteiger partial charge in [-0.1, -0.05) is 166 Å². The van der Waals surface area contributed by atoms with Crippen molar-refractivity contribution >= 4 is 51.1 Å². The average Bonchev–Trinajstić information content (AvgIpc) is 3.39. The Labute approximate surface area is 468 Å². The van der Waals surface area contributed by atoms with E-state index >= 15 is 0 Å². The molecule has 4 aromatic rings. The van der Waals surface area contributed by atoms with E-state index in [-0.39, 0.29) is 45.3 Å². The molecule has 4 rings (SSSR count). The third kappa shape index (κ3) is 20.9. The molecule has 0 radical (unpaired) electrons. The van der Waals surface area contributed by atoms with Crippen LogP contribution in [0.4, 0.5) is 0 Å². The van der Waals surface area contributed by atoms with E-state index in [1.807, 2.05) is 93.5 Å². The van der Waals surface area contributed by atoms with Gasteiger partial charge in [-0.3, -0.25) is 0 Å². The van der Waals surface area contributed by atoms with Crippen LogP contribution < -0.4 is 0 Å². The number of hydrogen-bond donors (Lipinski definition) is 0. The lowest BCUT2D eigenvalue weighted by atomic mass is 10.0. The van der Waals surface area contributed by atoms with Crippen LogP contribution in [0.3, 0.4) is 0 Å². The van der Waals surface area contributed by atoms with E-state index in [4.69, 9.17) is 0 Å². The van der Waals surface area contributed by atoms with Crippen LogP contribution in [0.2, 0.25) is 0 Å². The minimum Gasteiger partial charge on any atom is -0.223 e. The van der Waals surface area contributed by atoms with Crippen LogP contribution in [0.1, 0.15) is 121 Å². The molecule has 416 valence electrons. The molecule has 0 aliphatic heterocycles. The summed E-state index contributed by atoms with van der Waals surface area (Å²) in [6.07, 6.45) is 19.0. The maximum Gasteiger partial charge on any atom is 0.185 e. The molecule has 0 aromatic heterocycles. The van der Waals surface area contributed by atoms with Crippen molar-refractivity contribution < 1.29 is 33.7 Å². The summed E-state index contributed by atoms with van der Waals surface area (Å²) in [6.45, 7) is 19.5. The number of rotatable bonds is 30. The Morgan fingerprint density at radius 1 is 0.338 bits per heavy atom. The molecule has 0 bridgehead atoms. The number of benzene rings is 4. The minimum absolute atomic E-state index is 0.121. The predicted octanol–water partition coefficient (Wildman–Crippen LogP) is 15.8. The summed E-state index contributed by atoms with van der Waals surface area (Å²) in [7, 11) is -15.4. The summed E-state index contributed by atoms with van der Waals surface area (Å²) in [6, 6.07) is 33.4. The van der Waals surface area contributed by atoms with E-state index in [2.05, 4.69) is 12.2 Å². The molecule has 0 amide bonds. The fourth-order valence-electron chi connectivity index (χ4n) is 8.83. The van der Waals surface area contributed by atoms with Crippen molar-refractivity contribution in [3.8, 4) is 0 Å². The lowest BCUT2D eigenvalue weighted by molar-refractivity contribution is 0.583. The van der Waals surface area contributed by atoms with Gasteiger partial charge in [0.1, 0.15) is 0 Å². The summed E-state index contributed by atoms with van der Waals surface area (Å²) in [5.41, 5.74) is 7.30. The smallest absolute Gasteiger partial charge is 0.185 e. The Balaban J connectivity index is 1.58. The molecule has 0 N–H and O–H groups in total. The van der Waals surface area contributed by atoms with Gasteiger partial charge >= 0.3 is 0 Å². The first-order valence-corrected chi connectivity index (χ1v) is 33.7. The van der Waals surface area contributed by atoms with E-state index in [1.165, 1.54) is 11.1 Å². The van der Waals surface area contributed by atoms with Crippen LogP contribution >= 0.6 is 11.8 Å². The van der Waals surface area contributed by atoms with Crippen LogP contribution in [0.15, 0.2) is 234 Å². The van der Waals surface area contributed by atoms with Crippen LogP contribution in [0.25, 0.3) is 0 Å². The molecule has 8 nitrogen and oxygen atoms in total. The molecule has 0 aliphatic rings. The Morgan fingerprint density at radius 3 is 0.818 bits per heavy atom. The summed E-state index contributed by atoms with van der Waals surface area (Å²) < 4.78 is 114. The quantitative estimate of drug-likeness (QED) is 0.0369. The zero-order chi connectivity index (χ0) is 56.8. The highest BCUT2D eigenvalue weighted by Crippen LogP contribution is 2.31. The van der Waals surface area contributed by atoms with E-state index in [9.17, 15) is 33.7 Å². The molecule has 0 aliphatic carbocycles. The fourth-order valence-corrected chi connectivity index (χ4v) is 16.9. The third-order valence-corrected chi connectivity index (χ3v) is 22.1. The minimum atomic E-state index is -3.89. The number of sulfone groups is 4. The van der Waals surface area contributed by atoms with Gasteiger partial charge < -0.3 is 0 Å². The molecule has 4 atom stereocenters. The van der Waals surface area contributed by atoms with Crippen LogP contribution in [0, 0.1) is 0 Å². The van der Waals surface area contributed by atoms with Gasteiger partial charge in [-0.05, 0) is 169 Å². The van der Waals surface area contributed by atoms with Crippen molar-refractivity contribution in [1.29, 1.82) is 0 Å². The number of thioether (sulfide) groups is 1. The second-order valence-corrected chi connectivity index (χ2v) is 30.5. The monoisotopic (exact) mass is 1140 g/mol. The number of allylic oxidation sites excluding steroid dienone is 10. The van der Waals surface area contributed by atoms with E-state index in [0.29, 0.717) is 35.5 Å². The molecule has 0 spiro atoms. The van der Waals surface area contributed by atoms with Crippen molar-refractivity contribution in [2.75, 3.05) is 11.5 Å². The van der Waals surface area contributed by atoms with Crippen molar-refractivity contribution in [1.82, 2.24) is 0 Å². The molecular weight excluding hydrogens is 1060 g/mol. The van der Waals surface area contributed by atoms with Crippen molar-refractivity contribution in [3.63, 3.8) is 0 Å². The van der Waals surface area contributed by atoms with E-state index in [0.717, 1.165) is 35.1 Å². The summed E-state index contributed by atoms with van der Waals surface area (Å²) >= 11 is 1.61. The first kappa shape index (κ1) is 64.5. The zero-order valence-electron chi connectivity index (χ0n) is 46.9. The summed E-state index contributed by atoms with van der Waals surface area (Å²) in [4.78, 5) is 0.806. The standard InChI is InChI=1S/C64H82O8S5/c1-49(2)25-23-27-51(5)41-61(74(65,66)57-29-15-11-16-30-57)45-55(9)47-63(76(69,70)59-33-19-13-20-34-59)43-53(7)37-39-73-40-38-54(8)44-64(77(71,72)60-35-21-14-22-36-60)48-56(10)46-62(42-52(6)28-24-26-50(3)4)75(67,68)58-31-17-12-18-32-58/h11-22,25-26,29-38,41-42,47-48,61-64H,23-24,27-28,39-40,43-46H2,1-10H3. The Hall–Kier alpha value is -5.05. The van der Waals surface area contributed by atoms with Gasteiger partial charge in [0.05, 0.1) is 40.6 Å². The first-order valence-electron chi connectivity index (χ1n) is 26.3. The molecule has 0 saturated heterocycles. The highest BCUT2D eigenvalue weighted by atomic mass is 32.2. The van der Waals surface area contributed by atoms with Crippen molar-refractivity contribution in [2.45, 2.75) is 161 Å². The van der Waals surface area contributed by atoms with Gasteiger partial charge in [-0.25, -0.2) is 33.7 Å². The molecule has 0 fully saturated rings. The molecule has 0 heterocycles. The van der Waals surface area contributed by atoms with Crippen molar-refractivity contribution in [3.05, 3.63) is 215 Å². The first-order chi connectivity index (χ1) is 36.3. The second kappa shape index (κ2) is 30.9. The molecule has 4 unspecified atom stereocenters. The maximum absolute atomic E-state index is 14.4. The van der Waals surface area contributed by atoms with Gasteiger partial charge in [0, 0.05) is 11.5 Å². The Kier molecular flexibility index (Phi) is 25.9. The van der Waals surface area contributed by atoms with Crippen LogP contribution in [0.5, 0.6) is 0 Å². The number of hydrogen-bond acceptors (Lipinski definition) is 9. The van der Waals surface area contributed by atoms with Gasteiger partial charge in [-0.2, -0.15) is 11.8 Å². The average molecular weight is 1140 g/mol. The lowest BCUT2D eigenvalue weighted by Crippen LogP contribution is -2.23. The van der Waals surface area contributed by atoms with Gasteiger partial charge in [0.25, 0.3) is 0 Å². The Morgan fingerprint density at radius 2 is 0.571 bits per heavy atom. The highest BCUT2D eigenvalue weighted by Gasteiger charge is 2.31. The molecular formula is C64H82O8S5. The van der Waals surface area contributed by atoms with Gasteiger partial charge in [0.15, 0.2) is 39.3 Å². The van der Waals surface area contributed by atoms with E-state index in [1.54, 1.807) is 145 Å². The summed E-state index contributed by atoms with van der Waals surface area (Å²) in [5, 5.41) is -3.72. The zero-order valence-corrected chi connectivity index (χ0v) is 50.9. The fraction of sp³-hybridized carbons (Fsp3) is 0.375. The lowest BCUT2D eigenvalue weighted by Gasteiger charge is -2.19. The topological polar surface area (TPSA) is 137 Å². The molecule has 77 heavy (non-hydrogen) atoms.